The van der Waals surface area contributed by atoms with E-state index in [1.165, 1.54) is 34.5 Å². The van der Waals surface area contributed by atoms with Crippen molar-refractivity contribution in [3.05, 3.63) is 53.1 Å². The number of likely N-dealkylation sites (N-methyl/N-ethyl adjacent to an activating group) is 1. The van der Waals surface area contributed by atoms with Gasteiger partial charge in [0.25, 0.3) is 0 Å². The topological polar surface area (TPSA) is 15.6 Å². The van der Waals surface area contributed by atoms with Crippen molar-refractivity contribution in [2.75, 3.05) is 13.1 Å². The van der Waals surface area contributed by atoms with Gasteiger partial charge in [-0.15, -0.1) is 0 Å². The Kier molecular flexibility index (Phi) is 3.12. The van der Waals surface area contributed by atoms with E-state index < -0.39 is 0 Å². The first-order valence-corrected chi connectivity index (χ1v) is 7.84. The maximum absolute atomic E-state index is 4.59. The van der Waals surface area contributed by atoms with Crippen molar-refractivity contribution in [2.45, 2.75) is 26.3 Å². The van der Waals surface area contributed by atoms with Crippen LogP contribution in [0.15, 0.2) is 41.4 Å². The summed E-state index contributed by atoms with van der Waals surface area (Å²) in [6, 6.07) is 13.1. The highest BCUT2D eigenvalue weighted by molar-refractivity contribution is 5.83. The Morgan fingerprint density at radius 3 is 2.76 bits per heavy atom. The number of fused-ring (bicyclic) bond motifs is 3. The number of rotatable bonds is 2. The van der Waals surface area contributed by atoms with Gasteiger partial charge in [0.15, 0.2) is 0 Å². The maximum Gasteiger partial charge on any atom is 0.0670 e. The molecule has 2 aromatic rings. The smallest absolute Gasteiger partial charge is 0.0670 e. The molecule has 0 N–H and O–H groups in total. The molecule has 0 amide bonds. The van der Waals surface area contributed by atoms with Gasteiger partial charge in [-0.2, -0.15) is 0 Å². The summed E-state index contributed by atoms with van der Waals surface area (Å²) in [5.74, 6) is 0. The van der Waals surface area contributed by atoms with Crippen molar-refractivity contribution in [1.82, 2.24) is 4.90 Å². The number of benzene rings is 2. The SMILES string of the molecule is CCN1CCc2c3c(cc(-c4ccccc4)c2C1)N=CC3. The summed E-state index contributed by atoms with van der Waals surface area (Å²) in [4.78, 5) is 7.13. The molecule has 21 heavy (non-hydrogen) atoms. The first-order chi connectivity index (χ1) is 10.4. The molecule has 106 valence electrons. The molecule has 0 atom stereocenters. The molecule has 0 aromatic heterocycles. The Hall–Kier alpha value is -1.93. The second-order valence-electron chi connectivity index (χ2n) is 5.88. The van der Waals surface area contributed by atoms with Gasteiger partial charge in [0.2, 0.25) is 0 Å². The number of nitrogens with zero attached hydrogens (tertiary/aromatic N) is 2. The Bertz CT molecular complexity index is 701. The maximum atomic E-state index is 4.59. The van der Waals surface area contributed by atoms with Crippen LogP contribution in [0.3, 0.4) is 0 Å². The summed E-state index contributed by atoms with van der Waals surface area (Å²) in [5, 5.41) is 0. The van der Waals surface area contributed by atoms with E-state index in [1.54, 1.807) is 5.56 Å². The number of hydrogen-bond acceptors (Lipinski definition) is 2. The molecular formula is C19H20N2. The van der Waals surface area contributed by atoms with Gasteiger partial charge in [0.1, 0.15) is 0 Å². The fraction of sp³-hybridized carbons (Fsp3) is 0.316. The van der Waals surface area contributed by atoms with E-state index in [2.05, 4.69) is 59.4 Å². The molecule has 4 rings (SSSR count). The zero-order valence-corrected chi connectivity index (χ0v) is 12.5. The Morgan fingerprint density at radius 1 is 1.10 bits per heavy atom. The molecule has 0 bridgehead atoms. The molecule has 0 saturated heterocycles. The largest absolute Gasteiger partial charge is 0.299 e. The molecular weight excluding hydrogens is 256 g/mol. The molecule has 0 fully saturated rings. The fourth-order valence-electron chi connectivity index (χ4n) is 3.59. The van der Waals surface area contributed by atoms with Crippen LogP contribution in [0.25, 0.3) is 11.1 Å². The van der Waals surface area contributed by atoms with Crippen LogP contribution in [0.2, 0.25) is 0 Å². The minimum atomic E-state index is 1.01. The summed E-state index contributed by atoms with van der Waals surface area (Å²) in [6.45, 7) is 5.63. The zero-order chi connectivity index (χ0) is 14.2. The van der Waals surface area contributed by atoms with Crippen LogP contribution in [0.5, 0.6) is 0 Å². The summed E-state index contributed by atoms with van der Waals surface area (Å²) >= 11 is 0. The first-order valence-electron chi connectivity index (χ1n) is 7.84. The molecule has 0 spiro atoms. The molecule has 2 nitrogen and oxygen atoms in total. The lowest BCUT2D eigenvalue weighted by Gasteiger charge is -2.31. The van der Waals surface area contributed by atoms with Gasteiger partial charge >= 0.3 is 0 Å². The van der Waals surface area contributed by atoms with E-state index in [9.17, 15) is 0 Å². The van der Waals surface area contributed by atoms with E-state index in [-0.39, 0.29) is 0 Å². The third-order valence-electron chi connectivity index (χ3n) is 4.76. The lowest BCUT2D eigenvalue weighted by Crippen LogP contribution is -2.31. The average Bonchev–Trinajstić information content (AvgIpc) is 3.03. The standard InChI is InChI=1S/C19H20N2/c1-2-21-11-9-15-16-8-10-20-19(16)12-17(18(15)13-21)14-6-4-3-5-7-14/h3-7,10,12H,2,8-9,11,13H2,1H3. The van der Waals surface area contributed by atoms with E-state index >= 15 is 0 Å². The molecule has 2 heteroatoms. The second kappa shape index (κ2) is 5.12. The van der Waals surface area contributed by atoms with Gasteiger partial charge in [-0.1, -0.05) is 37.3 Å². The van der Waals surface area contributed by atoms with Crippen LogP contribution in [-0.4, -0.2) is 24.2 Å². The molecule has 2 aromatic carbocycles. The van der Waals surface area contributed by atoms with Crippen molar-refractivity contribution in [1.29, 1.82) is 0 Å². The van der Waals surface area contributed by atoms with Crippen LogP contribution >= 0.6 is 0 Å². The first kappa shape index (κ1) is 12.8. The summed E-state index contributed by atoms with van der Waals surface area (Å²) in [5.41, 5.74) is 8.45. The number of aliphatic imine (C=N–C) groups is 1. The summed E-state index contributed by atoms with van der Waals surface area (Å²) in [6.07, 6.45) is 4.24. The fourth-order valence-corrected chi connectivity index (χ4v) is 3.59. The van der Waals surface area contributed by atoms with E-state index in [4.69, 9.17) is 0 Å². The average molecular weight is 276 g/mol. The highest BCUT2D eigenvalue weighted by Crippen LogP contribution is 2.39. The predicted molar refractivity (Wildman–Crippen MR) is 88.4 cm³/mol. The van der Waals surface area contributed by atoms with Gasteiger partial charge in [-0.25, -0.2) is 0 Å². The normalized spacial score (nSPS) is 16.8. The zero-order valence-electron chi connectivity index (χ0n) is 12.5. The van der Waals surface area contributed by atoms with Crippen LogP contribution in [0.4, 0.5) is 5.69 Å². The van der Waals surface area contributed by atoms with Crippen molar-refractivity contribution in [3.8, 4) is 11.1 Å². The van der Waals surface area contributed by atoms with Crippen molar-refractivity contribution in [2.24, 2.45) is 4.99 Å². The van der Waals surface area contributed by atoms with Gasteiger partial charge in [0, 0.05) is 25.7 Å². The summed E-state index contributed by atoms with van der Waals surface area (Å²) < 4.78 is 0. The van der Waals surface area contributed by atoms with Crippen LogP contribution < -0.4 is 0 Å². The van der Waals surface area contributed by atoms with Gasteiger partial charge < -0.3 is 0 Å². The monoisotopic (exact) mass is 276 g/mol. The third kappa shape index (κ3) is 2.11. The van der Waals surface area contributed by atoms with Crippen LogP contribution in [-0.2, 0) is 19.4 Å². The lowest BCUT2D eigenvalue weighted by atomic mass is 9.86. The van der Waals surface area contributed by atoms with Crippen LogP contribution in [0, 0.1) is 0 Å². The molecule has 2 heterocycles. The molecule has 2 aliphatic heterocycles. The Morgan fingerprint density at radius 2 is 1.95 bits per heavy atom. The highest BCUT2D eigenvalue weighted by atomic mass is 15.1. The molecule has 2 aliphatic rings. The van der Waals surface area contributed by atoms with Crippen molar-refractivity contribution in [3.63, 3.8) is 0 Å². The van der Waals surface area contributed by atoms with E-state index in [1.807, 2.05) is 0 Å². The summed E-state index contributed by atoms with van der Waals surface area (Å²) in [7, 11) is 0. The van der Waals surface area contributed by atoms with Crippen molar-refractivity contribution < 1.29 is 0 Å². The van der Waals surface area contributed by atoms with E-state index in [0.717, 1.165) is 25.9 Å². The van der Waals surface area contributed by atoms with Gasteiger partial charge in [-0.3, -0.25) is 9.89 Å². The third-order valence-corrected chi connectivity index (χ3v) is 4.76. The molecule has 0 unspecified atom stereocenters. The van der Waals surface area contributed by atoms with Gasteiger partial charge in [-0.05, 0) is 46.8 Å². The Balaban J connectivity index is 1.92. The van der Waals surface area contributed by atoms with Crippen molar-refractivity contribution >= 4 is 11.9 Å². The molecule has 0 aliphatic carbocycles. The van der Waals surface area contributed by atoms with E-state index in [0.29, 0.717) is 0 Å². The number of hydrogen-bond donors (Lipinski definition) is 0. The molecule has 0 saturated carbocycles. The Labute approximate surface area is 126 Å². The second-order valence-corrected chi connectivity index (χ2v) is 5.88. The lowest BCUT2D eigenvalue weighted by molar-refractivity contribution is 0.268. The quantitative estimate of drug-likeness (QED) is 0.809. The minimum Gasteiger partial charge on any atom is -0.299 e. The van der Waals surface area contributed by atoms with Crippen LogP contribution in [0.1, 0.15) is 23.6 Å². The highest BCUT2D eigenvalue weighted by Gasteiger charge is 2.24. The predicted octanol–water partition coefficient (Wildman–Crippen LogP) is 3.99. The molecule has 0 radical (unpaired) electrons. The minimum absolute atomic E-state index is 1.01. The van der Waals surface area contributed by atoms with Gasteiger partial charge in [0.05, 0.1) is 5.69 Å².